The van der Waals surface area contributed by atoms with Gasteiger partial charge >= 0.3 is 0 Å². The summed E-state index contributed by atoms with van der Waals surface area (Å²) in [6.45, 7) is 3.73. The Labute approximate surface area is 110 Å². The molecule has 0 aliphatic rings. The van der Waals surface area contributed by atoms with Gasteiger partial charge in [-0.15, -0.1) is 0 Å². The standard InChI is InChI=1S/C14H11N2O3/c1-10-6-8-11(9-7-10)15-14(17)12-4-2-3-5-13(12)16(18)19/h2-9H,1H2,(H,15,17). The first-order chi connectivity index (χ1) is 9.08. The first kappa shape index (κ1) is 12.8. The van der Waals surface area contributed by atoms with E-state index in [1.807, 2.05) is 0 Å². The lowest BCUT2D eigenvalue weighted by atomic mass is 10.1. The van der Waals surface area contributed by atoms with E-state index in [0.717, 1.165) is 5.56 Å². The molecule has 0 heterocycles. The van der Waals surface area contributed by atoms with E-state index in [4.69, 9.17) is 0 Å². The maximum absolute atomic E-state index is 12.0. The van der Waals surface area contributed by atoms with E-state index in [1.54, 1.807) is 30.3 Å². The number of nitro groups is 1. The van der Waals surface area contributed by atoms with Gasteiger partial charge in [0, 0.05) is 11.8 Å². The molecule has 5 nitrogen and oxygen atoms in total. The summed E-state index contributed by atoms with van der Waals surface area (Å²) in [5.41, 5.74) is 1.21. The first-order valence-corrected chi connectivity index (χ1v) is 5.55. The highest BCUT2D eigenvalue weighted by Gasteiger charge is 2.18. The van der Waals surface area contributed by atoms with Crippen molar-refractivity contribution < 1.29 is 9.72 Å². The molecule has 1 N–H and O–H groups in total. The van der Waals surface area contributed by atoms with Crippen molar-refractivity contribution in [2.24, 2.45) is 0 Å². The predicted octanol–water partition coefficient (Wildman–Crippen LogP) is 3.03. The van der Waals surface area contributed by atoms with Gasteiger partial charge in [-0.1, -0.05) is 24.3 Å². The second-order valence-corrected chi connectivity index (χ2v) is 3.93. The molecule has 0 saturated carbocycles. The lowest BCUT2D eigenvalue weighted by Gasteiger charge is -2.05. The molecule has 0 aromatic heterocycles. The van der Waals surface area contributed by atoms with Crippen LogP contribution in [0.3, 0.4) is 0 Å². The van der Waals surface area contributed by atoms with Crippen LogP contribution in [0.4, 0.5) is 11.4 Å². The Kier molecular flexibility index (Phi) is 3.56. The third-order valence-electron chi connectivity index (χ3n) is 2.56. The number of hydrogen-bond acceptors (Lipinski definition) is 3. The Morgan fingerprint density at radius 3 is 2.37 bits per heavy atom. The van der Waals surface area contributed by atoms with Crippen LogP contribution < -0.4 is 5.32 Å². The van der Waals surface area contributed by atoms with Gasteiger partial charge in [0.2, 0.25) is 0 Å². The highest BCUT2D eigenvalue weighted by molar-refractivity contribution is 6.07. The van der Waals surface area contributed by atoms with Crippen molar-refractivity contribution in [2.45, 2.75) is 0 Å². The van der Waals surface area contributed by atoms with E-state index < -0.39 is 10.8 Å². The van der Waals surface area contributed by atoms with E-state index in [2.05, 4.69) is 12.2 Å². The third-order valence-corrected chi connectivity index (χ3v) is 2.56. The van der Waals surface area contributed by atoms with Crippen LogP contribution in [0, 0.1) is 17.0 Å². The van der Waals surface area contributed by atoms with Crippen LogP contribution >= 0.6 is 0 Å². The Bertz CT molecular complexity index is 621. The van der Waals surface area contributed by atoms with Crippen LogP contribution in [0.2, 0.25) is 0 Å². The van der Waals surface area contributed by atoms with Crippen LogP contribution in [0.5, 0.6) is 0 Å². The molecular weight excluding hydrogens is 244 g/mol. The van der Waals surface area contributed by atoms with Gasteiger partial charge in [0.1, 0.15) is 5.56 Å². The second-order valence-electron chi connectivity index (χ2n) is 3.93. The quantitative estimate of drug-likeness (QED) is 0.676. The van der Waals surface area contributed by atoms with Gasteiger partial charge in [-0.3, -0.25) is 14.9 Å². The van der Waals surface area contributed by atoms with Crippen molar-refractivity contribution in [1.29, 1.82) is 0 Å². The monoisotopic (exact) mass is 255 g/mol. The molecule has 2 aromatic rings. The van der Waals surface area contributed by atoms with Gasteiger partial charge in [-0.2, -0.15) is 0 Å². The van der Waals surface area contributed by atoms with Gasteiger partial charge < -0.3 is 5.32 Å². The number of nitrogens with one attached hydrogen (secondary N) is 1. The normalized spacial score (nSPS) is 9.95. The van der Waals surface area contributed by atoms with E-state index >= 15 is 0 Å². The van der Waals surface area contributed by atoms with Crippen LogP contribution in [0.25, 0.3) is 0 Å². The Morgan fingerprint density at radius 1 is 1.11 bits per heavy atom. The average molecular weight is 255 g/mol. The number of amides is 1. The SMILES string of the molecule is [CH2]c1ccc(NC(=O)c2ccccc2[N+](=O)[O-])cc1. The van der Waals surface area contributed by atoms with Gasteiger partial charge in [-0.05, 0) is 30.7 Å². The summed E-state index contributed by atoms with van der Waals surface area (Å²) in [6, 6.07) is 12.7. The number of para-hydroxylation sites is 1. The Morgan fingerprint density at radius 2 is 1.74 bits per heavy atom. The molecule has 1 radical (unpaired) electrons. The van der Waals surface area contributed by atoms with Crippen LogP contribution in [0.15, 0.2) is 48.5 Å². The van der Waals surface area contributed by atoms with Crippen molar-refractivity contribution in [3.05, 3.63) is 76.7 Å². The smallest absolute Gasteiger partial charge is 0.282 e. The summed E-state index contributed by atoms with van der Waals surface area (Å²) in [5, 5.41) is 13.5. The first-order valence-electron chi connectivity index (χ1n) is 5.55. The Balaban J connectivity index is 2.25. The number of carbonyl (C=O) groups excluding carboxylic acids is 1. The number of carbonyl (C=O) groups is 1. The number of anilines is 1. The molecule has 2 rings (SSSR count). The summed E-state index contributed by atoms with van der Waals surface area (Å²) in [7, 11) is 0. The van der Waals surface area contributed by atoms with Crippen LogP contribution in [-0.2, 0) is 0 Å². The van der Waals surface area contributed by atoms with E-state index in [1.165, 1.54) is 18.2 Å². The predicted molar refractivity (Wildman–Crippen MR) is 72.0 cm³/mol. The third kappa shape index (κ3) is 2.95. The molecule has 5 heteroatoms. The number of hydrogen-bond donors (Lipinski definition) is 1. The largest absolute Gasteiger partial charge is 0.322 e. The van der Waals surface area contributed by atoms with Crippen molar-refractivity contribution in [2.75, 3.05) is 5.32 Å². The Hall–Kier alpha value is -2.69. The molecule has 0 spiro atoms. The van der Waals surface area contributed by atoms with Crippen LogP contribution in [0.1, 0.15) is 15.9 Å². The minimum atomic E-state index is -0.575. The number of rotatable bonds is 3. The molecular formula is C14H11N2O3. The highest BCUT2D eigenvalue weighted by atomic mass is 16.6. The van der Waals surface area contributed by atoms with Crippen LogP contribution in [-0.4, -0.2) is 10.8 Å². The van der Waals surface area contributed by atoms with Crippen molar-refractivity contribution in [1.82, 2.24) is 0 Å². The summed E-state index contributed by atoms with van der Waals surface area (Å²) >= 11 is 0. The van der Waals surface area contributed by atoms with Crippen molar-refractivity contribution in [3.63, 3.8) is 0 Å². The topological polar surface area (TPSA) is 72.2 Å². The molecule has 0 saturated heterocycles. The molecule has 0 bridgehead atoms. The maximum atomic E-state index is 12.0. The van der Waals surface area contributed by atoms with Gasteiger partial charge in [0.05, 0.1) is 4.92 Å². The van der Waals surface area contributed by atoms with Gasteiger partial charge in [0.25, 0.3) is 11.6 Å². The summed E-state index contributed by atoms with van der Waals surface area (Å²) in [4.78, 5) is 22.3. The summed E-state index contributed by atoms with van der Waals surface area (Å²) in [5.74, 6) is -0.510. The molecule has 0 aliphatic heterocycles. The lowest BCUT2D eigenvalue weighted by molar-refractivity contribution is -0.385. The number of nitro benzene ring substituents is 1. The van der Waals surface area contributed by atoms with Crippen molar-refractivity contribution in [3.8, 4) is 0 Å². The fourth-order valence-electron chi connectivity index (χ4n) is 1.61. The zero-order chi connectivity index (χ0) is 13.8. The molecule has 1 amide bonds. The molecule has 2 aromatic carbocycles. The van der Waals surface area contributed by atoms with E-state index in [9.17, 15) is 14.9 Å². The molecule has 0 fully saturated rings. The summed E-state index contributed by atoms with van der Waals surface area (Å²) in [6.07, 6.45) is 0. The zero-order valence-corrected chi connectivity index (χ0v) is 10.00. The zero-order valence-electron chi connectivity index (χ0n) is 10.00. The molecule has 95 valence electrons. The number of nitrogens with zero attached hydrogens (tertiary/aromatic N) is 1. The summed E-state index contributed by atoms with van der Waals surface area (Å²) < 4.78 is 0. The molecule has 0 unspecified atom stereocenters. The van der Waals surface area contributed by atoms with E-state index in [-0.39, 0.29) is 11.3 Å². The van der Waals surface area contributed by atoms with Gasteiger partial charge in [-0.25, -0.2) is 0 Å². The average Bonchev–Trinajstić information content (AvgIpc) is 2.41. The number of benzene rings is 2. The molecule has 19 heavy (non-hydrogen) atoms. The lowest BCUT2D eigenvalue weighted by Crippen LogP contribution is -2.13. The minimum absolute atomic E-state index is 0.0335. The molecule has 0 atom stereocenters. The van der Waals surface area contributed by atoms with Gasteiger partial charge in [0.15, 0.2) is 0 Å². The fourth-order valence-corrected chi connectivity index (χ4v) is 1.61. The molecule has 0 aliphatic carbocycles. The maximum Gasteiger partial charge on any atom is 0.282 e. The highest BCUT2D eigenvalue weighted by Crippen LogP contribution is 2.19. The van der Waals surface area contributed by atoms with E-state index in [0.29, 0.717) is 5.69 Å². The minimum Gasteiger partial charge on any atom is -0.322 e. The second kappa shape index (κ2) is 5.30. The fraction of sp³-hybridized carbons (Fsp3) is 0. The van der Waals surface area contributed by atoms with Crippen molar-refractivity contribution >= 4 is 17.3 Å².